The van der Waals surface area contributed by atoms with E-state index in [0.717, 1.165) is 12.1 Å². The molecule has 0 aliphatic heterocycles. The molecule has 0 unspecified atom stereocenters. The molecule has 3 rings (SSSR count). The van der Waals surface area contributed by atoms with Gasteiger partial charge in [0.15, 0.2) is 0 Å². The van der Waals surface area contributed by atoms with Crippen LogP contribution in [0.4, 0.5) is 18.9 Å². The standard InChI is InChI=1S/C17H12F3N3O/c1-9-15(16(23-22-9)11-4-2-3-5-13(11)19)21-17(24)12-7-6-10(18)8-14(12)20/h2-8H,1H3,(H,21,24)(H,22,23). The first-order chi connectivity index (χ1) is 11.5. The summed E-state index contributed by atoms with van der Waals surface area (Å²) < 4.78 is 40.7. The molecule has 0 spiro atoms. The fourth-order valence-electron chi connectivity index (χ4n) is 2.28. The minimum atomic E-state index is -0.985. The van der Waals surface area contributed by atoms with E-state index in [0.29, 0.717) is 11.8 Å². The third-order valence-electron chi connectivity index (χ3n) is 3.49. The van der Waals surface area contributed by atoms with Crippen LogP contribution in [0, 0.1) is 24.4 Å². The average Bonchev–Trinajstić information content (AvgIpc) is 2.88. The Morgan fingerprint density at radius 1 is 1.08 bits per heavy atom. The van der Waals surface area contributed by atoms with Crippen LogP contribution in [0.25, 0.3) is 11.3 Å². The Morgan fingerprint density at radius 2 is 1.83 bits per heavy atom. The maximum atomic E-state index is 14.0. The van der Waals surface area contributed by atoms with E-state index in [-0.39, 0.29) is 22.5 Å². The molecule has 2 aromatic carbocycles. The summed E-state index contributed by atoms with van der Waals surface area (Å²) in [5.74, 6) is -3.06. The van der Waals surface area contributed by atoms with Crippen molar-refractivity contribution in [1.82, 2.24) is 10.2 Å². The van der Waals surface area contributed by atoms with E-state index in [1.165, 1.54) is 18.2 Å². The van der Waals surface area contributed by atoms with E-state index < -0.39 is 23.4 Å². The molecule has 0 fully saturated rings. The molecule has 1 amide bonds. The number of aromatic nitrogens is 2. The lowest BCUT2D eigenvalue weighted by Crippen LogP contribution is -2.15. The quantitative estimate of drug-likeness (QED) is 0.760. The first-order valence-corrected chi connectivity index (χ1v) is 7.03. The normalized spacial score (nSPS) is 10.7. The minimum absolute atomic E-state index is 0.191. The molecule has 2 N–H and O–H groups in total. The summed E-state index contributed by atoms with van der Waals surface area (Å²) in [5, 5.41) is 9.15. The van der Waals surface area contributed by atoms with Gasteiger partial charge in [-0.2, -0.15) is 5.10 Å². The molecule has 0 saturated heterocycles. The van der Waals surface area contributed by atoms with Gasteiger partial charge in [-0.25, -0.2) is 13.2 Å². The monoisotopic (exact) mass is 331 g/mol. The van der Waals surface area contributed by atoms with E-state index in [9.17, 15) is 18.0 Å². The van der Waals surface area contributed by atoms with Crippen LogP contribution in [0.3, 0.4) is 0 Å². The highest BCUT2D eigenvalue weighted by Gasteiger charge is 2.20. The number of benzene rings is 2. The Kier molecular flexibility index (Phi) is 4.07. The molecule has 24 heavy (non-hydrogen) atoms. The molecule has 1 aromatic heterocycles. The van der Waals surface area contributed by atoms with Gasteiger partial charge >= 0.3 is 0 Å². The van der Waals surface area contributed by atoms with Gasteiger partial charge in [0.25, 0.3) is 5.91 Å². The lowest BCUT2D eigenvalue weighted by molar-refractivity contribution is 0.102. The lowest BCUT2D eigenvalue weighted by atomic mass is 10.1. The summed E-state index contributed by atoms with van der Waals surface area (Å²) in [6.07, 6.45) is 0. The fraction of sp³-hybridized carbons (Fsp3) is 0.0588. The fourth-order valence-corrected chi connectivity index (χ4v) is 2.28. The zero-order chi connectivity index (χ0) is 17.3. The molecular formula is C17H12F3N3O. The van der Waals surface area contributed by atoms with Crippen LogP contribution in [0.1, 0.15) is 16.1 Å². The van der Waals surface area contributed by atoms with Crippen LogP contribution in [0.15, 0.2) is 42.5 Å². The highest BCUT2D eigenvalue weighted by Crippen LogP contribution is 2.30. The molecular weight excluding hydrogens is 319 g/mol. The first-order valence-electron chi connectivity index (χ1n) is 7.03. The Hall–Kier alpha value is -3.09. The second-order valence-electron chi connectivity index (χ2n) is 5.13. The van der Waals surface area contributed by atoms with Gasteiger partial charge in [-0.3, -0.25) is 9.89 Å². The Balaban J connectivity index is 1.98. The second-order valence-corrected chi connectivity index (χ2v) is 5.13. The SMILES string of the molecule is Cc1[nH]nc(-c2ccccc2F)c1NC(=O)c1ccc(F)cc1F. The molecule has 0 saturated carbocycles. The number of carbonyl (C=O) groups excluding carboxylic acids is 1. The summed E-state index contributed by atoms with van der Waals surface area (Å²) in [6.45, 7) is 1.63. The number of rotatable bonds is 3. The number of amides is 1. The van der Waals surface area contributed by atoms with Gasteiger partial charge in [0.2, 0.25) is 0 Å². The lowest BCUT2D eigenvalue weighted by Gasteiger charge is -2.08. The van der Waals surface area contributed by atoms with Gasteiger partial charge in [-0.15, -0.1) is 0 Å². The van der Waals surface area contributed by atoms with E-state index in [1.807, 2.05) is 0 Å². The van der Waals surface area contributed by atoms with Crippen molar-refractivity contribution >= 4 is 11.6 Å². The third-order valence-corrected chi connectivity index (χ3v) is 3.49. The van der Waals surface area contributed by atoms with Crippen molar-refractivity contribution < 1.29 is 18.0 Å². The van der Waals surface area contributed by atoms with Crippen LogP contribution in [0.5, 0.6) is 0 Å². The topological polar surface area (TPSA) is 57.8 Å². The van der Waals surface area contributed by atoms with Crippen molar-refractivity contribution in [2.45, 2.75) is 6.92 Å². The predicted molar refractivity (Wildman–Crippen MR) is 83.0 cm³/mol. The summed E-state index contributed by atoms with van der Waals surface area (Å²) >= 11 is 0. The first kappa shape index (κ1) is 15.8. The minimum Gasteiger partial charge on any atom is -0.318 e. The number of nitrogens with one attached hydrogen (secondary N) is 2. The van der Waals surface area contributed by atoms with Gasteiger partial charge in [0.1, 0.15) is 23.1 Å². The molecule has 7 heteroatoms. The van der Waals surface area contributed by atoms with Crippen LogP contribution in [-0.2, 0) is 0 Å². The number of halogens is 3. The number of aryl methyl sites for hydroxylation is 1. The Labute approximate surface area is 135 Å². The van der Waals surface area contributed by atoms with Crippen LogP contribution >= 0.6 is 0 Å². The zero-order valence-electron chi connectivity index (χ0n) is 12.5. The van der Waals surface area contributed by atoms with Crippen molar-refractivity contribution in [3.63, 3.8) is 0 Å². The molecule has 4 nitrogen and oxygen atoms in total. The predicted octanol–water partition coefficient (Wildman–Crippen LogP) is 4.05. The van der Waals surface area contributed by atoms with Gasteiger partial charge in [0, 0.05) is 11.6 Å². The molecule has 1 heterocycles. The van der Waals surface area contributed by atoms with E-state index >= 15 is 0 Å². The maximum Gasteiger partial charge on any atom is 0.258 e. The van der Waals surface area contributed by atoms with Gasteiger partial charge in [-0.05, 0) is 31.2 Å². The van der Waals surface area contributed by atoms with Crippen LogP contribution in [-0.4, -0.2) is 16.1 Å². The van der Waals surface area contributed by atoms with Crippen molar-refractivity contribution in [2.24, 2.45) is 0 Å². The maximum absolute atomic E-state index is 14.0. The van der Waals surface area contributed by atoms with Crippen molar-refractivity contribution in [2.75, 3.05) is 5.32 Å². The number of H-pyrrole nitrogens is 1. The smallest absolute Gasteiger partial charge is 0.258 e. The number of anilines is 1. The summed E-state index contributed by atoms with van der Waals surface area (Å²) in [4.78, 5) is 12.3. The molecule has 0 bridgehead atoms. The number of carbonyl (C=O) groups is 1. The van der Waals surface area contributed by atoms with E-state index in [1.54, 1.807) is 13.0 Å². The van der Waals surface area contributed by atoms with E-state index in [2.05, 4.69) is 15.5 Å². The zero-order valence-corrected chi connectivity index (χ0v) is 12.5. The van der Waals surface area contributed by atoms with Gasteiger partial charge in [0.05, 0.1) is 16.9 Å². The third kappa shape index (κ3) is 2.88. The Morgan fingerprint density at radius 3 is 2.54 bits per heavy atom. The Bertz CT molecular complexity index is 921. The number of hydrogen-bond acceptors (Lipinski definition) is 2. The molecule has 0 aliphatic rings. The second kappa shape index (κ2) is 6.19. The summed E-state index contributed by atoms with van der Waals surface area (Å²) in [5.41, 5.74) is 0.771. The molecule has 0 radical (unpaired) electrons. The molecule has 3 aromatic rings. The molecule has 0 aliphatic carbocycles. The van der Waals surface area contributed by atoms with Gasteiger partial charge in [-0.1, -0.05) is 12.1 Å². The number of nitrogens with zero attached hydrogens (tertiary/aromatic N) is 1. The van der Waals surface area contributed by atoms with E-state index in [4.69, 9.17) is 0 Å². The molecule has 0 atom stereocenters. The highest BCUT2D eigenvalue weighted by molar-refractivity contribution is 6.06. The number of hydrogen-bond donors (Lipinski definition) is 2. The summed E-state index contributed by atoms with van der Waals surface area (Å²) in [6, 6.07) is 8.59. The van der Waals surface area contributed by atoms with Crippen molar-refractivity contribution in [3.8, 4) is 11.3 Å². The summed E-state index contributed by atoms with van der Waals surface area (Å²) in [7, 11) is 0. The van der Waals surface area contributed by atoms with Crippen molar-refractivity contribution in [1.29, 1.82) is 0 Å². The van der Waals surface area contributed by atoms with Crippen LogP contribution < -0.4 is 5.32 Å². The molecule has 122 valence electrons. The van der Waals surface area contributed by atoms with Crippen LogP contribution in [0.2, 0.25) is 0 Å². The van der Waals surface area contributed by atoms with Gasteiger partial charge < -0.3 is 5.32 Å². The van der Waals surface area contributed by atoms with Crippen molar-refractivity contribution in [3.05, 3.63) is 71.2 Å². The number of aromatic amines is 1. The largest absolute Gasteiger partial charge is 0.318 e. The highest BCUT2D eigenvalue weighted by atomic mass is 19.1. The average molecular weight is 331 g/mol.